The molecule has 25 heavy (non-hydrogen) atoms. The van der Waals surface area contributed by atoms with E-state index in [9.17, 15) is 4.79 Å². The molecule has 2 nitrogen and oxygen atoms in total. The van der Waals surface area contributed by atoms with Crippen LogP contribution in [-0.4, -0.2) is 12.6 Å². The maximum absolute atomic E-state index is 11.4. The van der Waals surface area contributed by atoms with Crippen molar-refractivity contribution < 1.29 is 13.6 Å². The van der Waals surface area contributed by atoms with Crippen LogP contribution in [0.1, 0.15) is 71.3 Å². The molecule has 1 rings (SSSR count). The third kappa shape index (κ3) is 7.72. The van der Waals surface area contributed by atoms with Gasteiger partial charge in [0.05, 0.1) is 0 Å². The zero-order chi connectivity index (χ0) is 21.4. The summed E-state index contributed by atoms with van der Waals surface area (Å²) in [6.45, 7) is 8.64. The molecule has 1 aliphatic rings. The van der Waals surface area contributed by atoms with Crippen molar-refractivity contribution in [3.63, 3.8) is 0 Å². The van der Waals surface area contributed by atoms with Crippen molar-refractivity contribution in [3.05, 3.63) is 58.7 Å². The number of ether oxygens (including phenoxy) is 1. The van der Waals surface area contributed by atoms with Crippen molar-refractivity contribution in [2.75, 3.05) is 6.61 Å². The van der Waals surface area contributed by atoms with Gasteiger partial charge >= 0.3 is 5.97 Å². The Morgan fingerprint density at radius 1 is 1.28 bits per heavy atom. The van der Waals surface area contributed by atoms with Crippen molar-refractivity contribution in [3.8, 4) is 0 Å². The molecule has 0 fully saturated rings. The second-order valence-electron chi connectivity index (χ2n) is 7.34. The lowest BCUT2D eigenvalue weighted by Crippen LogP contribution is -2.19. The van der Waals surface area contributed by atoms with Crippen LogP contribution in [0.5, 0.6) is 0 Å². The van der Waals surface area contributed by atoms with Crippen LogP contribution < -0.4 is 0 Å². The monoisotopic (exact) mass is 345 g/mol. The van der Waals surface area contributed by atoms with E-state index >= 15 is 0 Å². The van der Waals surface area contributed by atoms with Gasteiger partial charge in [-0.25, -0.2) is 0 Å². The molecule has 0 heterocycles. The quantitative estimate of drug-likeness (QED) is 0.390. The molecule has 2 heteroatoms. The minimum absolute atomic E-state index is 0.0796. The summed E-state index contributed by atoms with van der Waals surface area (Å²) in [5.74, 6) is -0.704. The normalized spacial score (nSPS) is 21.4. The molecule has 0 amide bonds. The smallest absolute Gasteiger partial charge is 0.305 e. The number of carbonyl (C=O) groups is 1. The van der Waals surface area contributed by atoms with Gasteiger partial charge in [-0.3, -0.25) is 4.79 Å². The van der Waals surface area contributed by atoms with E-state index in [0.717, 1.165) is 11.1 Å². The van der Waals surface area contributed by atoms with E-state index in [1.807, 2.05) is 25.2 Å². The molecule has 138 valence electrons. The first-order valence-corrected chi connectivity index (χ1v) is 8.96. The van der Waals surface area contributed by atoms with Crippen LogP contribution in [0, 0.1) is 5.41 Å². The lowest BCUT2D eigenvalue weighted by molar-refractivity contribution is -0.141. The predicted molar refractivity (Wildman–Crippen MR) is 107 cm³/mol. The van der Waals surface area contributed by atoms with E-state index in [4.69, 9.17) is 8.85 Å². The van der Waals surface area contributed by atoms with E-state index in [-0.39, 0.29) is 12.0 Å². The van der Waals surface area contributed by atoms with Gasteiger partial charge in [-0.1, -0.05) is 67.8 Å². The van der Waals surface area contributed by atoms with E-state index in [0.29, 0.717) is 0 Å². The Morgan fingerprint density at radius 2 is 2.04 bits per heavy atom. The molecule has 1 aliphatic carbocycles. The topological polar surface area (TPSA) is 26.3 Å². The third-order valence-corrected chi connectivity index (χ3v) is 4.57. The largest absolute Gasteiger partial charge is 0.461 e. The first-order chi connectivity index (χ1) is 12.9. The molecule has 0 aliphatic heterocycles. The van der Waals surface area contributed by atoms with Crippen molar-refractivity contribution >= 4 is 5.97 Å². The van der Waals surface area contributed by atoms with Crippen LogP contribution in [0.25, 0.3) is 0 Å². The highest BCUT2D eigenvalue weighted by Crippen LogP contribution is 2.40. The van der Waals surface area contributed by atoms with Crippen LogP contribution in [0.4, 0.5) is 0 Å². The van der Waals surface area contributed by atoms with Gasteiger partial charge in [0.25, 0.3) is 0 Å². The molecule has 0 saturated heterocycles. The first-order valence-electron chi connectivity index (χ1n) is 10.5. The summed E-state index contributed by atoms with van der Waals surface area (Å²) >= 11 is 0. The number of hydrogen-bond donors (Lipinski definition) is 0. The van der Waals surface area contributed by atoms with Crippen LogP contribution in [0.3, 0.4) is 0 Å². The van der Waals surface area contributed by atoms with Crippen molar-refractivity contribution in [1.29, 1.82) is 0 Å². The lowest BCUT2D eigenvalue weighted by atomic mass is 9.72. The van der Waals surface area contributed by atoms with Gasteiger partial charge in [0.2, 0.25) is 0 Å². The fraction of sp³-hybridized carbons (Fsp3) is 0.522. The van der Waals surface area contributed by atoms with Gasteiger partial charge in [0.1, 0.15) is 6.61 Å². The predicted octanol–water partition coefficient (Wildman–Crippen LogP) is 6.47. The van der Waals surface area contributed by atoms with Crippen molar-refractivity contribution in [2.45, 2.75) is 67.2 Å². The van der Waals surface area contributed by atoms with Crippen LogP contribution in [0.2, 0.25) is 0 Å². The molecule has 0 saturated carbocycles. The Kier molecular flexibility index (Phi) is 6.80. The molecule has 0 atom stereocenters. The van der Waals surface area contributed by atoms with Gasteiger partial charge in [0, 0.05) is 10.5 Å². The minimum Gasteiger partial charge on any atom is -0.461 e. The number of allylic oxidation sites excluding steroid dienone is 9. The Bertz CT molecular complexity index is 702. The van der Waals surface area contributed by atoms with E-state index in [1.165, 1.54) is 30.4 Å². The summed E-state index contributed by atoms with van der Waals surface area (Å²) in [6, 6.07) is 0. The van der Waals surface area contributed by atoms with Gasteiger partial charge < -0.3 is 4.74 Å². The lowest BCUT2D eigenvalue weighted by Gasteiger charge is -2.32. The summed E-state index contributed by atoms with van der Waals surface area (Å²) in [4.78, 5) is 11.4. The number of rotatable bonds is 7. The average molecular weight is 346 g/mol. The summed E-state index contributed by atoms with van der Waals surface area (Å²) in [7, 11) is 0. The van der Waals surface area contributed by atoms with Crippen LogP contribution >= 0.6 is 0 Å². The molecule has 0 aromatic carbocycles. The molecule has 0 aromatic heterocycles. The Morgan fingerprint density at radius 3 is 2.72 bits per heavy atom. The van der Waals surface area contributed by atoms with Crippen LogP contribution in [-0.2, 0) is 9.53 Å². The zero-order valence-corrected chi connectivity index (χ0v) is 16.3. The van der Waals surface area contributed by atoms with E-state index in [1.54, 1.807) is 6.08 Å². The first kappa shape index (κ1) is 16.6. The molecule has 0 aromatic rings. The van der Waals surface area contributed by atoms with Crippen molar-refractivity contribution in [1.82, 2.24) is 0 Å². The molecule has 0 unspecified atom stereocenters. The number of hydrogen-bond acceptors (Lipinski definition) is 2. The van der Waals surface area contributed by atoms with Crippen LogP contribution in [0.15, 0.2) is 58.7 Å². The number of esters is 1. The van der Waals surface area contributed by atoms with Gasteiger partial charge in [0.15, 0.2) is 0 Å². The number of carbonyl (C=O) groups excluding carboxylic acids is 1. The summed E-state index contributed by atoms with van der Waals surface area (Å²) < 4.78 is 26.0. The average Bonchev–Trinajstić information content (AvgIpc) is 2.52. The van der Waals surface area contributed by atoms with Gasteiger partial charge in [-0.15, -0.1) is 0 Å². The van der Waals surface area contributed by atoms with E-state index < -0.39 is 19.2 Å². The molecule has 0 radical (unpaired) electrons. The Labute approximate surface area is 158 Å². The Hall–Kier alpha value is -1.83. The highest BCUT2D eigenvalue weighted by Gasteiger charge is 2.26. The standard InChI is InChI=1S/C23H34O2/c1-7-22(24)25-17-15-19(3)11-8-10-18(2)13-14-21-20(4)12-9-16-23(21,5)6/h8,10-11,13-15H,7,9,12,16-17H2,1-6H3/b11-8+,14-13+,18-10+,19-15+/i1D3. The SMILES string of the molecule is [2H]C([2H])([2H])CC(=O)OC/C=C(C)/C=C/C=C(C)/C=C/C1=C(C)CCCC1(C)C. The highest BCUT2D eigenvalue weighted by atomic mass is 16.5. The highest BCUT2D eigenvalue weighted by molar-refractivity contribution is 5.68. The molecule has 0 spiro atoms. The zero-order valence-electron chi connectivity index (χ0n) is 19.3. The second kappa shape index (κ2) is 10.2. The summed E-state index contributed by atoms with van der Waals surface area (Å²) in [5.41, 5.74) is 5.29. The fourth-order valence-electron chi connectivity index (χ4n) is 3.02. The van der Waals surface area contributed by atoms with Gasteiger partial charge in [-0.05, 0) is 57.1 Å². The van der Waals surface area contributed by atoms with Crippen molar-refractivity contribution in [2.24, 2.45) is 5.41 Å². The summed E-state index contributed by atoms with van der Waals surface area (Å²) in [5, 5.41) is 0. The fourth-order valence-corrected chi connectivity index (χ4v) is 3.02. The van der Waals surface area contributed by atoms with Gasteiger partial charge in [-0.2, -0.15) is 0 Å². The second-order valence-corrected chi connectivity index (χ2v) is 7.34. The Balaban J connectivity index is 2.57. The third-order valence-electron chi connectivity index (χ3n) is 4.57. The summed E-state index contributed by atoms with van der Waals surface area (Å²) in [6.07, 6.45) is 15.2. The molecule has 0 bridgehead atoms. The minimum atomic E-state index is -2.28. The van der Waals surface area contributed by atoms with E-state index in [2.05, 4.69) is 39.8 Å². The maximum atomic E-state index is 11.4. The molecular weight excluding hydrogens is 308 g/mol. The molecule has 0 N–H and O–H groups in total. The maximum Gasteiger partial charge on any atom is 0.305 e. The molecular formula is C23H34O2.